The van der Waals surface area contributed by atoms with Crippen LogP contribution < -0.4 is 10.1 Å². The van der Waals surface area contributed by atoms with Crippen LogP contribution >= 0.6 is 27.5 Å². The van der Waals surface area contributed by atoms with Crippen molar-refractivity contribution >= 4 is 39.3 Å². The molecule has 0 saturated heterocycles. The van der Waals surface area contributed by atoms with Crippen LogP contribution in [-0.4, -0.2) is 35.4 Å². The van der Waals surface area contributed by atoms with E-state index >= 15 is 0 Å². The first-order valence-corrected chi connectivity index (χ1v) is 11.1. The van der Waals surface area contributed by atoms with E-state index in [0.717, 1.165) is 22.0 Å². The molecule has 0 aliphatic heterocycles. The number of carbonyl (C=O) groups excluding carboxylic acids is 2. The minimum absolute atomic E-state index is 0.0354. The molecular weight excluding hydrogens is 468 g/mol. The molecule has 7 heteroatoms. The lowest BCUT2D eigenvalue weighted by Crippen LogP contribution is -2.50. The largest absolute Gasteiger partial charge is 0.482 e. The SMILES string of the molecule is CC[C@@H](C)NC(=O)[C@@H](C)N(Cc1ccccc1C)C(=O)COc1ccc(Br)cc1Cl. The van der Waals surface area contributed by atoms with Gasteiger partial charge >= 0.3 is 0 Å². The Kier molecular flexibility index (Phi) is 9.18. The van der Waals surface area contributed by atoms with Gasteiger partial charge in [-0.3, -0.25) is 9.59 Å². The molecule has 0 fully saturated rings. The van der Waals surface area contributed by atoms with Crippen molar-refractivity contribution in [3.63, 3.8) is 0 Å². The summed E-state index contributed by atoms with van der Waals surface area (Å²) in [6, 6.07) is 12.4. The van der Waals surface area contributed by atoms with Gasteiger partial charge in [0.1, 0.15) is 11.8 Å². The van der Waals surface area contributed by atoms with E-state index in [2.05, 4.69) is 21.2 Å². The summed E-state index contributed by atoms with van der Waals surface area (Å²) < 4.78 is 6.48. The van der Waals surface area contributed by atoms with Gasteiger partial charge in [0.2, 0.25) is 5.91 Å². The van der Waals surface area contributed by atoms with E-state index in [4.69, 9.17) is 16.3 Å². The molecule has 2 amide bonds. The van der Waals surface area contributed by atoms with Gasteiger partial charge in [0.05, 0.1) is 5.02 Å². The first kappa shape index (κ1) is 24.2. The molecule has 2 aromatic carbocycles. The van der Waals surface area contributed by atoms with E-state index in [1.54, 1.807) is 30.0 Å². The zero-order valence-electron chi connectivity index (χ0n) is 17.7. The van der Waals surface area contributed by atoms with Gasteiger partial charge in [-0.1, -0.05) is 58.7 Å². The lowest BCUT2D eigenvalue weighted by atomic mass is 10.1. The normalized spacial score (nSPS) is 12.7. The molecule has 0 bridgehead atoms. The molecule has 0 aliphatic rings. The maximum Gasteiger partial charge on any atom is 0.261 e. The number of hydrogen-bond donors (Lipinski definition) is 1. The molecule has 1 N–H and O–H groups in total. The molecule has 0 radical (unpaired) electrons. The number of halogens is 2. The molecule has 5 nitrogen and oxygen atoms in total. The zero-order valence-corrected chi connectivity index (χ0v) is 20.1. The Morgan fingerprint density at radius 3 is 2.53 bits per heavy atom. The molecule has 2 aromatic rings. The van der Waals surface area contributed by atoms with Crippen molar-refractivity contribution in [2.75, 3.05) is 6.61 Å². The van der Waals surface area contributed by atoms with Crippen LogP contribution in [0.3, 0.4) is 0 Å². The highest BCUT2D eigenvalue weighted by Gasteiger charge is 2.27. The monoisotopic (exact) mass is 494 g/mol. The molecule has 0 heterocycles. The third kappa shape index (κ3) is 6.74. The summed E-state index contributed by atoms with van der Waals surface area (Å²) in [7, 11) is 0. The third-order valence-corrected chi connectivity index (χ3v) is 5.80. The maximum absolute atomic E-state index is 13.1. The minimum Gasteiger partial charge on any atom is -0.482 e. The summed E-state index contributed by atoms with van der Waals surface area (Å²) in [6.07, 6.45) is 0.815. The number of hydrogen-bond acceptors (Lipinski definition) is 3. The van der Waals surface area contributed by atoms with Crippen molar-refractivity contribution in [3.8, 4) is 5.75 Å². The second kappa shape index (κ2) is 11.4. The van der Waals surface area contributed by atoms with Gasteiger partial charge < -0.3 is 15.0 Å². The summed E-state index contributed by atoms with van der Waals surface area (Å²) in [5.74, 6) is -0.0576. The minimum atomic E-state index is -0.643. The molecular formula is C23H28BrClN2O3. The van der Waals surface area contributed by atoms with Crippen molar-refractivity contribution in [2.45, 2.75) is 52.7 Å². The summed E-state index contributed by atoms with van der Waals surface area (Å²) in [5.41, 5.74) is 2.04. The fourth-order valence-electron chi connectivity index (χ4n) is 2.83. The first-order valence-electron chi connectivity index (χ1n) is 9.95. The molecule has 2 atom stereocenters. The molecule has 30 heavy (non-hydrogen) atoms. The van der Waals surface area contributed by atoms with E-state index in [9.17, 15) is 9.59 Å². The average Bonchev–Trinajstić information content (AvgIpc) is 2.71. The topological polar surface area (TPSA) is 58.6 Å². The quantitative estimate of drug-likeness (QED) is 0.525. The van der Waals surface area contributed by atoms with Gasteiger partial charge in [0.25, 0.3) is 5.91 Å². The van der Waals surface area contributed by atoms with Crippen LogP contribution in [0.4, 0.5) is 0 Å². The smallest absolute Gasteiger partial charge is 0.261 e. The highest BCUT2D eigenvalue weighted by Crippen LogP contribution is 2.27. The number of nitrogens with zero attached hydrogens (tertiary/aromatic N) is 1. The van der Waals surface area contributed by atoms with Gasteiger partial charge in [-0.15, -0.1) is 0 Å². The number of ether oxygens (including phenoxy) is 1. The highest BCUT2D eigenvalue weighted by molar-refractivity contribution is 9.10. The molecule has 0 saturated carbocycles. The Morgan fingerprint density at radius 1 is 1.20 bits per heavy atom. The van der Waals surface area contributed by atoms with E-state index in [-0.39, 0.29) is 24.5 Å². The van der Waals surface area contributed by atoms with Gasteiger partial charge in [-0.25, -0.2) is 0 Å². The summed E-state index contributed by atoms with van der Waals surface area (Å²) >= 11 is 9.53. The fourth-order valence-corrected chi connectivity index (χ4v) is 3.56. The van der Waals surface area contributed by atoms with Crippen LogP contribution in [0.2, 0.25) is 5.02 Å². The lowest BCUT2D eigenvalue weighted by Gasteiger charge is -2.30. The fraction of sp³-hybridized carbons (Fsp3) is 0.391. The van der Waals surface area contributed by atoms with Crippen LogP contribution in [0.5, 0.6) is 5.75 Å². The molecule has 0 aliphatic carbocycles. The van der Waals surface area contributed by atoms with E-state index < -0.39 is 6.04 Å². The summed E-state index contributed by atoms with van der Waals surface area (Å²) in [6.45, 7) is 7.77. The second-order valence-corrected chi connectivity index (χ2v) is 8.63. The Morgan fingerprint density at radius 2 is 1.90 bits per heavy atom. The van der Waals surface area contributed by atoms with Crippen LogP contribution in [0.25, 0.3) is 0 Å². The van der Waals surface area contributed by atoms with E-state index in [0.29, 0.717) is 17.3 Å². The second-order valence-electron chi connectivity index (χ2n) is 7.31. The number of rotatable bonds is 9. The highest BCUT2D eigenvalue weighted by atomic mass is 79.9. The van der Waals surface area contributed by atoms with Crippen molar-refractivity contribution in [3.05, 3.63) is 63.1 Å². The van der Waals surface area contributed by atoms with Crippen molar-refractivity contribution < 1.29 is 14.3 Å². The number of carbonyl (C=O) groups is 2. The van der Waals surface area contributed by atoms with Crippen molar-refractivity contribution in [2.24, 2.45) is 0 Å². The predicted octanol–water partition coefficient (Wildman–Crippen LogP) is 5.12. The van der Waals surface area contributed by atoms with E-state index in [1.807, 2.05) is 45.0 Å². The molecule has 0 aromatic heterocycles. The summed E-state index contributed by atoms with van der Waals surface area (Å²) in [5, 5.41) is 3.36. The van der Waals surface area contributed by atoms with Gasteiger partial charge in [0.15, 0.2) is 6.61 Å². The van der Waals surface area contributed by atoms with Crippen LogP contribution in [0.1, 0.15) is 38.3 Å². The Labute approximate surface area is 191 Å². The van der Waals surface area contributed by atoms with Crippen LogP contribution in [0.15, 0.2) is 46.9 Å². The number of aryl methyl sites for hydroxylation is 1. The Balaban J connectivity index is 2.19. The molecule has 2 rings (SSSR count). The standard InChI is InChI=1S/C23H28BrClN2O3/c1-5-16(3)26-23(29)17(4)27(13-18-9-7-6-8-15(18)2)22(28)14-30-21-11-10-19(24)12-20(21)25/h6-12,16-17H,5,13-14H2,1-4H3,(H,26,29)/t16-,17-/m1/s1. The Bertz CT molecular complexity index is 891. The number of amides is 2. The van der Waals surface area contributed by atoms with Gasteiger partial charge in [-0.05, 0) is 56.5 Å². The maximum atomic E-state index is 13.1. The van der Waals surface area contributed by atoms with Crippen molar-refractivity contribution in [1.82, 2.24) is 10.2 Å². The van der Waals surface area contributed by atoms with Crippen LogP contribution in [0, 0.1) is 6.92 Å². The average molecular weight is 496 g/mol. The molecule has 0 unspecified atom stereocenters. The van der Waals surface area contributed by atoms with Crippen LogP contribution in [-0.2, 0) is 16.1 Å². The predicted molar refractivity (Wildman–Crippen MR) is 124 cm³/mol. The number of benzene rings is 2. The molecule has 162 valence electrons. The third-order valence-electron chi connectivity index (χ3n) is 5.02. The van der Waals surface area contributed by atoms with Crippen molar-refractivity contribution in [1.29, 1.82) is 0 Å². The van der Waals surface area contributed by atoms with E-state index in [1.165, 1.54) is 0 Å². The first-order chi connectivity index (χ1) is 14.2. The molecule has 0 spiro atoms. The summed E-state index contributed by atoms with van der Waals surface area (Å²) in [4.78, 5) is 27.4. The van der Waals surface area contributed by atoms with Gasteiger partial charge in [-0.2, -0.15) is 0 Å². The Hall–Kier alpha value is -2.05. The van der Waals surface area contributed by atoms with Gasteiger partial charge in [0, 0.05) is 17.1 Å². The lowest BCUT2D eigenvalue weighted by molar-refractivity contribution is -0.142. The number of nitrogens with one attached hydrogen (secondary N) is 1. The zero-order chi connectivity index (χ0) is 22.3.